The van der Waals surface area contributed by atoms with E-state index in [0.717, 1.165) is 37.7 Å². The molecule has 21 heavy (non-hydrogen) atoms. The van der Waals surface area contributed by atoms with Gasteiger partial charge in [0.2, 0.25) is 5.91 Å². The fourth-order valence-corrected chi connectivity index (χ4v) is 3.23. The molecule has 1 unspecified atom stereocenters. The van der Waals surface area contributed by atoms with Crippen LogP contribution in [0.15, 0.2) is 24.3 Å². The first-order chi connectivity index (χ1) is 10.1. The van der Waals surface area contributed by atoms with E-state index in [4.69, 9.17) is 5.11 Å². The summed E-state index contributed by atoms with van der Waals surface area (Å²) >= 11 is 0. The molecule has 0 aromatic heterocycles. The van der Waals surface area contributed by atoms with E-state index in [-0.39, 0.29) is 24.4 Å². The van der Waals surface area contributed by atoms with Gasteiger partial charge in [-0.25, -0.2) is 4.39 Å². The Hall–Kier alpha value is -1.42. The number of halogens is 1. The summed E-state index contributed by atoms with van der Waals surface area (Å²) in [5, 5.41) is 11.9. The highest BCUT2D eigenvalue weighted by Crippen LogP contribution is 2.41. The smallest absolute Gasteiger partial charge is 0.230 e. The molecule has 1 aliphatic carbocycles. The number of carbonyl (C=O) groups is 1. The molecule has 1 aromatic rings. The van der Waals surface area contributed by atoms with Gasteiger partial charge in [-0.1, -0.05) is 25.0 Å². The number of hydrogen-bond donors (Lipinski definition) is 2. The van der Waals surface area contributed by atoms with Crippen LogP contribution in [0.4, 0.5) is 4.39 Å². The summed E-state index contributed by atoms with van der Waals surface area (Å²) < 4.78 is 13.1. The first-order valence-corrected chi connectivity index (χ1v) is 7.76. The van der Waals surface area contributed by atoms with E-state index in [1.165, 1.54) is 12.1 Å². The number of aliphatic hydroxyl groups is 1. The van der Waals surface area contributed by atoms with Gasteiger partial charge in [0.15, 0.2) is 0 Å². The van der Waals surface area contributed by atoms with Crippen LogP contribution in [0.1, 0.15) is 51.0 Å². The average Bonchev–Trinajstić information content (AvgIpc) is 2.96. The van der Waals surface area contributed by atoms with E-state index in [2.05, 4.69) is 5.32 Å². The van der Waals surface area contributed by atoms with Gasteiger partial charge < -0.3 is 10.4 Å². The van der Waals surface area contributed by atoms with E-state index in [1.807, 2.05) is 6.92 Å². The molecule has 0 bridgehead atoms. The van der Waals surface area contributed by atoms with Crippen LogP contribution in [-0.2, 0) is 10.2 Å². The number of benzene rings is 1. The van der Waals surface area contributed by atoms with Crippen molar-refractivity contribution in [2.75, 3.05) is 6.61 Å². The fourth-order valence-electron chi connectivity index (χ4n) is 3.23. The third kappa shape index (κ3) is 3.62. The highest BCUT2D eigenvalue weighted by molar-refractivity contribution is 5.88. The van der Waals surface area contributed by atoms with Crippen molar-refractivity contribution >= 4 is 5.91 Å². The minimum atomic E-state index is -0.513. The second-order valence-electron chi connectivity index (χ2n) is 6.04. The number of aliphatic hydroxyl groups excluding tert-OH is 1. The highest BCUT2D eigenvalue weighted by Gasteiger charge is 2.42. The van der Waals surface area contributed by atoms with E-state index in [0.29, 0.717) is 6.42 Å². The fraction of sp³-hybridized carbons (Fsp3) is 0.588. The molecule has 0 radical (unpaired) electrons. The third-order valence-corrected chi connectivity index (χ3v) is 4.46. The van der Waals surface area contributed by atoms with E-state index in [1.54, 1.807) is 12.1 Å². The first kappa shape index (κ1) is 16.0. The Labute approximate surface area is 125 Å². The maximum atomic E-state index is 13.1. The molecule has 4 heteroatoms. The number of hydrogen-bond acceptors (Lipinski definition) is 2. The van der Waals surface area contributed by atoms with Crippen LogP contribution in [-0.4, -0.2) is 23.7 Å². The molecule has 1 amide bonds. The molecule has 1 saturated carbocycles. The number of amides is 1. The molecule has 0 heterocycles. The molecule has 0 saturated heterocycles. The second-order valence-corrected chi connectivity index (χ2v) is 6.04. The topological polar surface area (TPSA) is 49.3 Å². The summed E-state index contributed by atoms with van der Waals surface area (Å²) in [6.45, 7) is 2.10. The average molecular weight is 293 g/mol. The van der Waals surface area contributed by atoms with Crippen molar-refractivity contribution < 1.29 is 14.3 Å². The summed E-state index contributed by atoms with van der Waals surface area (Å²) in [5.74, 6) is -0.235. The Balaban J connectivity index is 2.14. The van der Waals surface area contributed by atoms with Crippen LogP contribution >= 0.6 is 0 Å². The quantitative estimate of drug-likeness (QED) is 0.847. The molecule has 2 N–H and O–H groups in total. The van der Waals surface area contributed by atoms with Gasteiger partial charge in [-0.05, 0) is 50.3 Å². The van der Waals surface area contributed by atoms with Gasteiger partial charge in [0.05, 0.1) is 5.41 Å². The van der Waals surface area contributed by atoms with Crippen molar-refractivity contribution in [3.8, 4) is 0 Å². The molecule has 1 fully saturated rings. The van der Waals surface area contributed by atoms with E-state index >= 15 is 0 Å². The van der Waals surface area contributed by atoms with Crippen molar-refractivity contribution in [3.63, 3.8) is 0 Å². The van der Waals surface area contributed by atoms with Gasteiger partial charge in [-0.2, -0.15) is 0 Å². The Morgan fingerprint density at radius 3 is 2.52 bits per heavy atom. The van der Waals surface area contributed by atoms with E-state index < -0.39 is 5.41 Å². The van der Waals surface area contributed by atoms with Crippen LogP contribution in [0, 0.1) is 5.82 Å². The van der Waals surface area contributed by atoms with E-state index in [9.17, 15) is 9.18 Å². The maximum absolute atomic E-state index is 13.1. The third-order valence-electron chi connectivity index (χ3n) is 4.46. The Bertz CT molecular complexity index is 466. The van der Waals surface area contributed by atoms with Gasteiger partial charge in [-0.3, -0.25) is 4.79 Å². The van der Waals surface area contributed by atoms with Gasteiger partial charge in [0.25, 0.3) is 0 Å². The lowest BCUT2D eigenvalue weighted by Gasteiger charge is -2.30. The summed E-state index contributed by atoms with van der Waals surface area (Å²) in [6.07, 6.45) is 5.13. The lowest BCUT2D eigenvalue weighted by molar-refractivity contribution is -0.127. The monoisotopic (exact) mass is 293 g/mol. The Kier molecular flexibility index (Phi) is 5.34. The van der Waals surface area contributed by atoms with Gasteiger partial charge in [0.1, 0.15) is 5.82 Å². The van der Waals surface area contributed by atoms with Gasteiger partial charge in [0, 0.05) is 12.6 Å². The summed E-state index contributed by atoms with van der Waals surface area (Å²) in [5.41, 5.74) is 0.398. The van der Waals surface area contributed by atoms with Crippen molar-refractivity contribution in [2.45, 2.75) is 56.9 Å². The molecule has 0 aliphatic heterocycles. The molecule has 2 rings (SSSR count). The minimum absolute atomic E-state index is 0.0389. The summed E-state index contributed by atoms with van der Waals surface area (Å²) in [6, 6.07) is 6.37. The molecule has 1 atom stereocenters. The van der Waals surface area contributed by atoms with Crippen LogP contribution < -0.4 is 5.32 Å². The van der Waals surface area contributed by atoms with Gasteiger partial charge in [-0.15, -0.1) is 0 Å². The largest absolute Gasteiger partial charge is 0.396 e. The molecule has 0 spiro atoms. The first-order valence-electron chi connectivity index (χ1n) is 7.76. The Morgan fingerprint density at radius 1 is 1.33 bits per heavy atom. The normalized spacial score (nSPS) is 18.4. The van der Waals surface area contributed by atoms with Crippen molar-refractivity contribution in [2.24, 2.45) is 0 Å². The minimum Gasteiger partial charge on any atom is -0.396 e. The number of rotatable bonds is 6. The Morgan fingerprint density at radius 2 is 1.95 bits per heavy atom. The number of nitrogens with one attached hydrogen (secondary N) is 1. The SMILES string of the molecule is CC(CCCO)NC(=O)C1(c2ccc(F)cc2)CCCC1. The molecular formula is C17H24FNO2. The van der Waals surface area contributed by atoms with Crippen molar-refractivity contribution in [1.29, 1.82) is 0 Å². The molecule has 1 aromatic carbocycles. The molecule has 3 nitrogen and oxygen atoms in total. The summed E-state index contributed by atoms with van der Waals surface area (Å²) in [4.78, 5) is 12.8. The zero-order valence-corrected chi connectivity index (χ0v) is 12.6. The van der Waals surface area contributed by atoms with Crippen molar-refractivity contribution in [3.05, 3.63) is 35.6 Å². The summed E-state index contributed by atoms with van der Waals surface area (Å²) in [7, 11) is 0. The van der Waals surface area contributed by atoms with Crippen LogP contribution in [0.3, 0.4) is 0 Å². The molecule has 116 valence electrons. The van der Waals surface area contributed by atoms with Crippen molar-refractivity contribution in [1.82, 2.24) is 5.32 Å². The lowest BCUT2D eigenvalue weighted by atomic mass is 9.77. The maximum Gasteiger partial charge on any atom is 0.230 e. The predicted molar refractivity (Wildman–Crippen MR) is 80.5 cm³/mol. The van der Waals surface area contributed by atoms with Gasteiger partial charge >= 0.3 is 0 Å². The van der Waals surface area contributed by atoms with Crippen LogP contribution in [0.25, 0.3) is 0 Å². The molecular weight excluding hydrogens is 269 g/mol. The highest BCUT2D eigenvalue weighted by atomic mass is 19.1. The van der Waals surface area contributed by atoms with Crippen LogP contribution in [0.2, 0.25) is 0 Å². The number of carbonyl (C=O) groups excluding carboxylic acids is 1. The van der Waals surface area contributed by atoms with Crippen LogP contribution in [0.5, 0.6) is 0 Å². The second kappa shape index (κ2) is 7.03. The zero-order valence-electron chi connectivity index (χ0n) is 12.6. The molecule has 1 aliphatic rings. The zero-order chi connectivity index (χ0) is 15.3. The lowest BCUT2D eigenvalue weighted by Crippen LogP contribution is -2.46. The standard InChI is InChI=1S/C17H24FNO2/c1-13(5-4-12-20)19-16(21)17(10-2-3-11-17)14-6-8-15(18)9-7-14/h6-9,13,20H,2-5,10-12H2,1H3,(H,19,21). The predicted octanol–water partition coefficient (Wildman–Crippen LogP) is 2.91.